The molecule has 2 nitrogen and oxygen atoms in total. The van der Waals surface area contributed by atoms with Gasteiger partial charge in [-0.2, -0.15) is 0 Å². The third-order valence-corrected chi connectivity index (χ3v) is 3.28. The van der Waals surface area contributed by atoms with E-state index in [4.69, 9.17) is 4.74 Å². The Bertz CT molecular complexity index is 438. The van der Waals surface area contributed by atoms with Crippen molar-refractivity contribution < 1.29 is 13.9 Å². The van der Waals surface area contributed by atoms with Crippen molar-refractivity contribution in [2.45, 2.75) is 20.3 Å². The molecule has 1 aromatic rings. The second kappa shape index (κ2) is 3.58. The molecule has 0 amide bonds. The molecular formula is C13H15FO2. The number of benzene rings is 1. The molecule has 0 saturated heterocycles. The van der Waals surface area contributed by atoms with Gasteiger partial charge in [0.1, 0.15) is 0 Å². The minimum absolute atomic E-state index is 0.0204. The molecule has 2 rings (SSSR count). The van der Waals surface area contributed by atoms with Crippen LogP contribution in [0.4, 0.5) is 4.39 Å². The summed E-state index contributed by atoms with van der Waals surface area (Å²) in [7, 11) is 1.40. The lowest BCUT2D eigenvalue weighted by atomic mass is 10.0. The van der Waals surface area contributed by atoms with Gasteiger partial charge in [0.15, 0.2) is 17.3 Å². The third-order valence-electron chi connectivity index (χ3n) is 3.28. The second-order valence-corrected chi connectivity index (χ2v) is 4.93. The average Bonchev–Trinajstić information content (AvgIpc) is 2.87. The van der Waals surface area contributed by atoms with Crippen LogP contribution in [0.3, 0.4) is 0 Å². The van der Waals surface area contributed by atoms with E-state index in [0.29, 0.717) is 0 Å². The molecule has 16 heavy (non-hydrogen) atoms. The maximum Gasteiger partial charge on any atom is 0.175 e. The molecule has 86 valence electrons. The molecule has 0 aliphatic heterocycles. The molecular weight excluding hydrogens is 207 g/mol. The zero-order valence-electron chi connectivity index (χ0n) is 9.71. The Morgan fingerprint density at radius 2 is 2.12 bits per heavy atom. The van der Waals surface area contributed by atoms with Crippen molar-refractivity contribution >= 4 is 5.78 Å². The molecule has 0 bridgehead atoms. The van der Waals surface area contributed by atoms with Crippen LogP contribution < -0.4 is 4.74 Å². The summed E-state index contributed by atoms with van der Waals surface area (Å²) in [6.07, 6.45) is 0.836. The Balaban J connectivity index is 2.31. The molecule has 1 unspecified atom stereocenters. The summed E-state index contributed by atoms with van der Waals surface area (Å²) in [4.78, 5) is 12.0. The van der Waals surface area contributed by atoms with Crippen LogP contribution in [0.2, 0.25) is 0 Å². The monoisotopic (exact) mass is 222 g/mol. The Morgan fingerprint density at radius 1 is 1.50 bits per heavy atom. The van der Waals surface area contributed by atoms with Crippen LogP contribution in [-0.4, -0.2) is 12.9 Å². The highest BCUT2D eigenvalue weighted by Crippen LogP contribution is 2.53. The normalized spacial score (nSPS) is 21.6. The molecule has 1 saturated carbocycles. The smallest absolute Gasteiger partial charge is 0.175 e. The number of ether oxygens (including phenoxy) is 1. The maximum absolute atomic E-state index is 13.8. The Labute approximate surface area is 94.4 Å². The van der Waals surface area contributed by atoms with Gasteiger partial charge in [0.25, 0.3) is 0 Å². The van der Waals surface area contributed by atoms with Crippen LogP contribution in [0.1, 0.15) is 30.6 Å². The number of ketones is 1. The first-order valence-electron chi connectivity index (χ1n) is 5.34. The van der Waals surface area contributed by atoms with Gasteiger partial charge in [-0.15, -0.1) is 0 Å². The highest BCUT2D eigenvalue weighted by Gasteiger charge is 2.51. The van der Waals surface area contributed by atoms with Gasteiger partial charge < -0.3 is 4.74 Å². The second-order valence-electron chi connectivity index (χ2n) is 4.93. The quantitative estimate of drug-likeness (QED) is 0.735. The number of hydrogen-bond donors (Lipinski definition) is 0. The molecule has 0 N–H and O–H groups in total. The molecule has 0 spiro atoms. The van der Waals surface area contributed by atoms with E-state index in [0.717, 1.165) is 6.42 Å². The van der Waals surface area contributed by atoms with Crippen LogP contribution in [0.25, 0.3) is 0 Å². The summed E-state index contributed by atoms with van der Waals surface area (Å²) in [5.74, 6) is -0.572. The lowest BCUT2D eigenvalue weighted by molar-refractivity contribution is 0.0948. The molecule has 1 aromatic carbocycles. The molecule has 1 atom stereocenters. The molecule has 1 aliphatic carbocycles. The predicted octanol–water partition coefficient (Wildman–Crippen LogP) is 3.06. The van der Waals surface area contributed by atoms with Gasteiger partial charge in [-0.05, 0) is 24.0 Å². The summed E-state index contributed by atoms with van der Waals surface area (Å²) in [6, 6.07) is 4.68. The van der Waals surface area contributed by atoms with Gasteiger partial charge in [0.2, 0.25) is 0 Å². The lowest BCUT2D eigenvalue weighted by Crippen LogP contribution is -2.09. The number of Topliss-reactive ketones (excluding diaryl/α,β-unsaturated/α-hetero) is 1. The van der Waals surface area contributed by atoms with E-state index in [1.54, 1.807) is 6.07 Å². The van der Waals surface area contributed by atoms with Gasteiger partial charge in [0.05, 0.1) is 12.7 Å². The fourth-order valence-corrected chi connectivity index (χ4v) is 1.96. The maximum atomic E-state index is 13.8. The fraction of sp³-hybridized carbons (Fsp3) is 0.462. The summed E-state index contributed by atoms with van der Waals surface area (Å²) in [6.45, 7) is 4.04. The summed E-state index contributed by atoms with van der Waals surface area (Å²) in [5.41, 5.74) is 0.169. The van der Waals surface area contributed by atoms with Crippen molar-refractivity contribution in [3.05, 3.63) is 29.6 Å². The number of methoxy groups -OCH3 is 1. The van der Waals surface area contributed by atoms with Crippen molar-refractivity contribution in [2.75, 3.05) is 7.11 Å². The van der Waals surface area contributed by atoms with E-state index >= 15 is 0 Å². The number of carbonyl (C=O) groups is 1. The van der Waals surface area contributed by atoms with Gasteiger partial charge >= 0.3 is 0 Å². The highest BCUT2D eigenvalue weighted by molar-refractivity contribution is 6.00. The van der Waals surface area contributed by atoms with Crippen molar-refractivity contribution in [3.8, 4) is 5.75 Å². The summed E-state index contributed by atoms with van der Waals surface area (Å²) >= 11 is 0. The van der Waals surface area contributed by atoms with E-state index in [1.165, 1.54) is 19.2 Å². The zero-order chi connectivity index (χ0) is 11.9. The topological polar surface area (TPSA) is 26.3 Å². The minimum Gasteiger partial charge on any atom is -0.494 e. The number of halogens is 1. The van der Waals surface area contributed by atoms with Gasteiger partial charge in [0, 0.05) is 5.92 Å². The first-order chi connectivity index (χ1) is 7.47. The van der Waals surface area contributed by atoms with E-state index in [9.17, 15) is 9.18 Å². The van der Waals surface area contributed by atoms with Crippen molar-refractivity contribution in [1.82, 2.24) is 0 Å². The average molecular weight is 222 g/mol. The van der Waals surface area contributed by atoms with Gasteiger partial charge in [-0.1, -0.05) is 19.9 Å². The van der Waals surface area contributed by atoms with Crippen LogP contribution >= 0.6 is 0 Å². The Hall–Kier alpha value is -1.38. The number of rotatable bonds is 3. The fourth-order valence-electron chi connectivity index (χ4n) is 1.96. The molecule has 1 fully saturated rings. The lowest BCUT2D eigenvalue weighted by Gasteiger charge is -2.07. The van der Waals surface area contributed by atoms with Crippen LogP contribution in [0.15, 0.2) is 18.2 Å². The minimum atomic E-state index is -0.544. The number of carbonyl (C=O) groups excluding carboxylic acids is 1. The highest BCUT2D eigenvalue weighted by atomic mass is 19.1. The van der Waals surface area contributed by atoms with Crippen molar-refractivity contribution in [2.24, 2.45) is 11.3 Å². The van der Waals surface area contributed by atoms with Crippen molar-refractivity contribution in [1.29, 1.82) is 0 Å². The Morgan fingerprint density at radius 3 is 2.62 bits per heavy atom. The molecule has 0 heterocycles. The summed E-state index contributed by atoms with van der Waals surface area (Å²) < 4.78 is 18.7. The van der Waals surface area contributed by atoms with E-state index in [-0.39, 0.29) is 28.4 Å². The molecule has 0 radical (unpaired) electrons. The first-order valence-corrected chi connectivity index (χ1v) is 5.34. The number of hydrogen-bond acceptors (Lipinski definition) is 2. The van der Waals surface area contributed by atoms with Crippen LogP contribution in [0, 0.1) is 17.2 Å². The molecule has 0 aromatic heterocycles. The SMILES string of the molecule is COc1cccc(C(=O)C2CC2(C)C)c1F. The first kappa shape index (κ1) is 11.1. The molecule has 1 aliphatic rings. The zero-order valence-corrected chi connectivity index (χ0v) is 9.71. The predicted molar refractivity (Wildman–Crippen MR) is 59.2 cm³/mol. The largest absolute Gasteiger partial charge is 0.494 e. The van der Waals surface area contributed by atoms with E-state index < -0.39 is 5.82 Å². The summed E-state index contributed by atoms with van der Waals surface area (Å²) in [5, 5.41) is 0. The van der Waals surface area contributed by atoms with E-state index in [1.807, 2.05) is 13.8 Å². The standard InChI is InChI=1S/C13H15FO2/c1-13(2)7-9(13)12(15)8-5-4-6-10(16-3)11(8)14/h4-6,9H,7H2,1-3H3. The van der Waals surface area contributed by atoms with E-state index in [2.05, 4.69) is 0 Å². The molecule has 3 heteroatoms. The third kappa shape index (κ3) is 1.70. The van der Waals surface area contributed by atoms with Crippen LogP contribution in [0.5, 0.6) is 5.75 Å². The Kier molecular flexibility index (Phi) is 2.49. The van der Waals surface area contributed by atoms with Gasteiger partial charge in [-0.3, -0.25) is 4.79 Å². The van der Waals surface area contributed by atoms with Gasteiger partial charge in [-0.25, -0.2) is 4.39 Å². The van der Waals surface area contributed by atoms with Crippen LogP contribution in [-0.2, 0) is 0 Å². The van der Waals surface area contributed by atoms with Crippen molar-refractivity contribution in [3.63, 3.8) is 0 Å².